The number of rotatable bonds is 4. The van der Waals surface area contributed by atoms with Crippen LogP contribution in [0.4, 0.5) is 5.69 Å². The molecule has 1 aromatic rings. The summed E-state index contributed by atoms with van der Waals surface area (Å²) in [6.45, 7) is 5.20. The molecule has 25 heavy (non-hydrogen) atoms. The van der Waals surface area contributed by atoms with Crippen LogP contribution in [-0.2, 0) is 9.59 Å². The molecule has 7 nitrogen and oxygen atoms in total. The average Bonchev–Trinajstić information content (AvgIpc) is 2.94. The summed E-state index contributed by atoms with van der Waals surface area (Å²) in [5.74, 6) is -0.839. The molecule has 0 spiro atoms. The summed E-state index contributed by atoms with van der Waals surface area (Å²) >= 11 is 0. The van der Waals surface area contributed by atoms with E-state index >= 15 is 0 Å². The molecule has 134 valence electrons. The number of nitrogens with one attached hydrogen (secondary N) is 1. The van der Waals surface area contributed by atoms with E-state index in [2.05, 4.69) is 17.1 Å². The van der Waals surface area contributed by atoms with E-state index in [1.807, 2.05) is 0 Å². The Balaban J connectivity index is 0.00000225. The lowest BCUT2D eigenvalue weighted by molar-refractivity contribution is -0.119. The molecule has 3 rings (SSSR count). The van der Waals surface area contributed by atoms with E-state index in [0.717, 1.165) is 37.4 Å². The standard InChI is InChI=1S/C18H21N3O3.H3N/c1-2-20-11-9-14(10-12-20)19-18(24)13-3-5-15(6-4-13)21-16(22)7-8-17(21)23;/h3-8,14H,2,9-12H2,1H3,(H,19,24);1H3. The minimum absolute atomic E-state index is 0. The quantitative estimate of drug-likeness (QED) is 0.805. The minimum atomic E-state index is -0.361. The van der Waals surface area contributed by atoms with Crippen LogP contribution in [0.1, 0.15) is 30.1 Å². The zero-order chi connectivity index (χ0) is 17.1. The summed E-state index contributed by atoms with van der Waals surface area (Å²) in [7, 11) is 0. The number of likely N-dealkylation sites (tertiary alicyclic amines) is 1. The first kappa shape index (κ1) is 18.8. The number of amides is 3. The van der Waals surface area contributed by atoms with E-state index in [1.54, 1.807) is 24.3 Å². The predicted molar refractivity (Wildman–Crippen MR) is 95.7 cm³/mol. The summed E-state index contributed by atoms with van der Waals surface area (Å²) in [6, 6.07) is 6.73. The zero-order valence-electron chi connectivity index (χ0n) is 14.4. The van der Waals surface area contributed by atoms with Gasteiger partial charge in [-0.1, -0.05) is 6.92 Å². The third-order valence-corrected chi connectivity index (χ3v) is 4.57. The van der Waals surface area contributed by atoms with Crippen LogP contribution in [0.2, 0.25) is 0 Å². The Morgan fingerprint density at radius 1 is 1.08 bits per heavy atom. The largest absolute Gasteiger partial charge is 0.349 e. The summed E-state index contributed by atoms with van der Waals surface area (Å²) < 4.78 is 0. The van der Waals surface area contributed by atoms with Gasteiger partial charge in [0.1, 0.15) is 0 Å². The third kappa shape index (κ3) is 4.12. The van der Waals surface area contributed by atoms with Crippen LogP contribution in [-0.4, -0.2) is 48.3 Å². The van der Waals surface area contributed by atoms with Gasteiger partial charge in [0.2, 0.25) is 0 Å². The van der Waals surface area contributed by atoms with Gasteiger partial charge < -0.3 is 16.4 Å². The number of hydrogen-bond acceptors (Lipinski definition) is 5. The lowest BCUT2D eigenvalue weighted by Gasteiger charge is -2.31. The van der Waals surface area contributed by atoms with Gasteiger partial charge in [-0.2, -0.15) is 0 Å². The van der Waals surface area contributed by atoms with Crippen LogP contribution in [0.3, 0.4) is 0 Å². The molecule has 2 heterocycles. The maximum Gasteiger partial charge on any atom is 0.258 e. The van der Waals surface area contributed by atoms with Gasteiger partial charge in [0.05, 0.1) is 5.69 Å². The Labute approximate surface area is 147 Å². The Bertz CT molecular complexity index is 658. The highest BCUT2D eigenvalue weighted by atomic mass is 16.2. The predicted octanol–water partition coefficient (Wildman–Crippen LogP) is 1.49. The molecular formula is C18H24N4O3. The van der Waals surface area contributed by atoms with Gasteiger partial charge in [0, 0.05) is 36.8 Å². The van der Waals surface area contributed by atoms with Crippen LogP contribution in [0.25, 0.3) is 0 Å². The first-order valence-electron chi connectivity index (χ1n) is 8.28. The van der Waals surface area contributed by atoms with Crippen LogP contribution in [0.5, 0.6) is 0 Å². The molecule has 0 radical (unpaired) electrons. The Morgan fingerprint density at radius 2 is 1.64 bits per heavy atom. The van der Waals surface area contributed by atoms with Gasteiger partial charge >= 0.3 is 0 Å². The number of anilines is 1. The Morgan fingerprint density at radius 3 is 2.16 bits per heavy atom. The number of carbonyl (C=O) groups is 3. The van der Waals surface area contributed by atoms with Crippen LogP contribution < -0.4 is 16.4 Å². The van der Waals surface area contributed by atoms with Crippen molar-refractivity contribution in [1.82, 2.24) is 16.4 Å². The number of nitrogens with zero attached hydrogens (tertiary/aromatic N) is 2. The molecular weight excluding hydrogens is 320 g/mol. The van der Waals surface area contributed by atoms with Crippen molar-refractivity contribution in [2.24, 2.45) is 0 Å². The van der Waals surface area contributed by atoms with Crippen molar-refractivity contribution in [3.63, 3.8) is 0 Å². The monoisotopic (exact) mass is 344 g/mol. The lowest BCUT2D eigenvalue weighted by atomic mass is 10.0. The lowest BCUT2D eigenvalue weighted by Crippen LogP contribution is -2.44. The number of benzene rings is 1. The molecule has 0 atom stereocenters. The number of imide groups is 1. The number of piperidine rings is 1. The molecule has 1 fully saturated rings. The van der Waals surface area contributed by atoms with Gasteiger partial charge in [-0.05, 0) is 43.7 Å². The molecule has 2 aliphatic heterocycles. The smallest absolute Gasteiger partial charge is 0.258 e. The Hall–Kier alpha value is -2.51. The molecule has 0 unspecified atom stereocenters. The minimum Gasteiger partial charge on any atom is -0.349 e. The molecule has 4 N–H and O–H groups in total. The maximum absolute atomic E-state index is 12.3. The molecule has 2 aliphatic rings. The fourth-order valence-corrected chi connectivity index (χ4v) is 3.08. The molecule has 0 bridgehead atoms. The molecule has 3 amide bonds. The normalized spacial score (nSPS) is 18.4. The van der Waals surface area contributed by atoms with Crippen LogP contribution >= 0.6 is 0 Å². The molecule has 0 aliphatic carbocycles. The SMILES string of the molecule is CCN1CCC(NC(=O)c2ccc(N3C(=O)C=CC3=O)cc2)CC1.N. The van der Waals surface area contributed by atoms with Crippen molar-refractivity contribution in [2.45, 2.75) is 25.8 Å². The van der Waals surface area contributed by atoms with E-state index in [0.29, 0.717) is 11.3 Å². The van der Waals surface area contributed by atoms with Crippen molar-refractivity contribution in [1.29, 1.82) is 0 Å². The van der Waals surface area contributed by atoms with Gasteiger partial charge in [-0.25, -0.2) is 4.90 Å². The third-order valence-electron chi connectivity index (χ3n) is 4.57. The van der Waals surface area contributed by atoms with Crippen LogP contribution in [0, 0.1) is 0 Å². The topological polar surface area (TPSA) is 105 Å². The van der Waals surface area contributed by atoms with E-state index in [4.69, 9.17) is 0 Å². The molecule has 0 saturated carbocycles. The fraction of sp³-hybridized carbons (Fsp3) is 0.389. The first-order chi connectivity index (χ1) is 11.6. The van der Waals surface area contributed by atoms with Gasteiger partial charge in [0.15, 0.2) is 0 Å². The summed E-state index contributed by atoms with van der Waals surface area (Å²) in [5.41, 5.74) is 1.01. The summed E-state index contributed by atoms with van der Waals surface area (Å²) in [4.78, 5) is 39.1. The maximum atomic E-state index is 12.3. The fourth-order valence-electron chi connectivity index (χ4n) is 3.08. The highest BCUT2D eigenvalue weighted by molar-refractivity contribution is 6.28. The second-order valence-electron chi connectivity index (χ2n) is 6.07. The molecule has 1 saturated heterocycles. The summed E-state index contributed by atoms with van der Waals surface area (Å²) in [6.07, 6.45) is 4.40. The second-order valence-corrected chi connectivity index (χ2v) is 6.07. The van der Waals surface area contributed by atoms with Gasteiger partial charge in [-0.3, -0.25) is 14.4 Å². The summed E-state index contributed by atoms with van der Waals surface area (Å²) in [5, 5.41) is 3.06. The van der Waals surface area contributed by atoms with Crippen molar-refractivity contribution in [3.05, 3.63) is 42.0 Å². The van der Waals surface area contributed by atoms with Crippen molar-refractivity contribution < 1.29 is 14.4 Å². The van der Waals surface area contributed by atoms with Gasteiger partial charge in [0.25, 0.3) is 17.7 Å². The van der Waals surface area contributed by atoms with Crippen molar-refractivity contribution in [3.8, 4) is 0 Å². The number of hydrogen-bond donors (Lipinski definition) is 2. The van der Waals surface area contributed by atoms with E-state index in [1.165, 1.54) is 12.2 Å². The van der Waals surface area contributed by atoms with Crippen LogP contribution in [0.15, 0.2) is 36.4 Å². The van der Waals surface area contributed by atoms with E-state index < -0.39 is 0 Å². The Kier molecular flexibility index (Phi) is 6.06. The number of carbonyl (C=O) groups excluding carboxylic acids is 3. The van der Waals surface area contributed by atoms with E-state index in [-0.39, 0.29) is 29.9 Å². The van der Waals surface area contributed by atoms with Gasteiger partial charge in [-0.15, -0.1) is 0 Å². The van der Waals surface area contributed by atoms with Crippen molar-refractivity contribution in [2.75, 3.05) is 24.5 Å². The van der Waals surface area contributed by atoms with Crippen molar-refractivity contribution >= 4 is 23.4 Å². The highest BCUT2D eigenvalue weighted by Crippen LogP contribution is 2.20. The zero-order valence-corrected chi connectivity index (χ0v) is 14.4. The second kappa shape index (κ2) is 8.04. The average molecular weight is 344 g/mol. The molecule has 1 aromatic carbocycles. The molecule has 7 heteroatoms. The molecule has 0 aromatic heterocycles. The highest BCUT2D eigenvalue weighted by Gasteiger charge is 2.25. The van der Waals surface area contributed by atoms with E-state index in [9.17, 15) is 14.4 Å². The first-order valence-corrected chi connectivity index (χ1v) is 8.28.